The molecule has 86 valence electrons. The lowest BCUT2D eigenvalue weighted by Crippen LogP contribution is -2.08. The van der Waals surface area contributed by atoms with Crippen LogP contribution in [0.5, 0.6) is 0 Å². The fourth-order valence-corrected chi connectivity index (χ4v) is 1.36. The molecule has 2 aromatic rings. The van der Waals surface area contributed by atoms with E-state index in [1.165, 1.54) is 18.3 Å². The number of halogens is 2. The molecule has 0 spiro atoms. The van der Waals surface area contributed by atoms with Crippen LogP contribution in [-0.4, -0.2) is 0 Å². The van der Waals surface area contributed by atoms with Crippen LogP contribution in [0.1, 0.15) is 0 Å². The number of aromatic nitrogens is 1. The van der Waals surface area contributed by atoms with Gasteiger partial charge in [-0.2, -0.15) is 0 Å². The maximum absolute atomic E-state index is 12.9. The number of anilines is 2. The van der Waals surface area contributed by atoms with Crippen molar-refractivity contribution < 1.29 is 13.8 Å². The summed E-state index contributed by atoms with van der Waals surface area (Å²) < 4.78 is 25.8. The van der Waals surface area contributed by atoms with Gasteiger partial charge in [0.1, 0.15) is 23.0 Å². The molecule has 2 N–H and O–H groups in total. The second-order valence-corrected chi connectivity index (χ2v) is 3.33. The van der Waals surface area contributed by atoms with Gasteiger partial charge in [0.15, 0.2) is 0 Å². The number of nitroso groups, excluding NO2 is 1. The van der Waals surface area contributed by atoms with E-state index in [0.717, 1.165) is 18.2 Å². The minimum atomic E-state index is -0.683. The van der Waals surface area contributed by atoms with Crippen LogP contribution in [0.15, 0.2) is 41.7 Å². The van der Waals surface area contributed by atoms with E-state index in [9.17, 15) is 13.7 Å². The Morgan fingerprint density at radius 2 is 1.82 bits per heavy atom. The predicted octanol–water partition coefficient (Wildman–Crippen LogP) is 2.92. The minimum absolute atomic E-state index is 0.211. The average molecular weight is 236 g/mol. The molecule has 0 aliphatic rings. The molecule has 1 aromatic heterocycles. The van der Waals surface area contributed by atoms with Crippen molar-refractivity contribution in [1.29, 1.82) is 0 Å². The standard InChI is InChI=1S/C11H7F2N3O/c12-7-3-8(13)5-10(4-7)15-11-6-9(16-17)1-2-14-11/h1-6H,(H,14,15)/p+1. The number of nitrogens with zero attached hydrogens (tertiary/aromatic N) is 1. The molecule has 4 nitrogen and oxygen atoms in total. The van der Waals surface area contributed by atoms with Gasteiger partial charge in [0.25, 0.3) is 5.82 Å². The maximum atomic E-state index is 12.9. The molecule has 0 radical (unpaired) electrons. The van der Waals surface area contributed by atoms with Crippen molar-refractivity contribution in [2.45, 2.75) is 0 Å². The van der Waals surface area contributed by atoms with E-state index in [1.807, 2.05) is 0 Å². The van der Waals surface area contributed by atoms with E-state index in [1.54, 1.807) is 0 Å². The Morgan fingerprint density at radius 3 is 2.47 bits per heavy atom. The van der Waals surface area contributed by atoms with Gasteiger partial charge in [0.05, 0.1) is 12.3 Å². The molecule has 0 atom stereocenters. The van der Waals surface area contributed by atoms with Crippen molar-refractivity contribution in [1.82, 2.24) is 0 Å². The highest BCUT2D eigenvalue weighted by molar-refractivity contribution is 5.56. The van der Waals surface area contributed by atoms with E-state index in [0.29, 0.717) is 5.82 Å². The number of hydrogen-bond acceptors (Lipinski definition) is 3. The topological polar surface area (TPSA) is 55.6 Å². The summed E-state index contributed by atoms with van der Waals surface area (Å²) in [4.78, 5) is 13.1. The van der Waals surface area contributed by atoms with E-state index >= 15 is 0 Å². The zero-order chi connectivity index (χ0) is 12.3. The Balaban J connectivity index is 2.27. The van der Waals surface area contributed by atoms with Gasteiger partial charge in [0, 0.05) is 24.3 Å². The van der Waals surface area contributed by atoms with Crippen molar-refractivity contribution >= 4 is 17.2 Å². The lowest BCUT2D eigenvalue weighted by molar-refractivity contribution is -0.360. The van der Waals surface area contributed by atoms with Crippen LogP contribution >= 0.6 is 0 Å². The summed E-state index contributed by atoms with van der Waals surface area (Å²) >= 11 is 0. The second-order valence-electron chi connectivity index (χ2n) is 3.33. The fraction of sp³-hybridized carbons (Fsp3) is 0. The van der Waals surface area contributed by atoms with Gasteiger partial charge >= 0.3 is 0 Å². The van der Waals surface area contributed by atoms with Crippen LogP contribution < -0.4 is 10.3 Å². The number of aromatic amines is 1. The molecule has 2 rings (SSSR count). The van der Waals surface area contributed by atoms with Gasteiger partial charge in [-0.25, -0.2) is 19.1 Å². The molecule has 0 aliphatic heterocycles. The molecule has 0 fully saturated rings. The van der Waals surface area contributed by atoms with Gasteiger partial charge in [0.2, 0.25) is 0 Å². The summed E-state index contributed by atoms with van der Waals surface area (Å²) in [6.45, 7) is 0. The summed E-state index contributed by atoms with van der Waals surface area (Å²) in [5, 5.41) is 5.48. The van der Waals surface area contributed by atoms with E-state index in [2.05, 4.69) is 15.5 Å². The second kappa shape index (κ2) is 4.65. The summed E-state index contributed by atoms with van der Waals surface area (Å²) in [6.07, 6.45) is 1.49. The van der Waals surface area contributed by atoms with Crippen molar-refractivity contribution in [2.75, 3.05) is 5.32 Å². The Bertz CT molecular complexity index is 540. The molecule has 0 amide bonds. The summed E-state index contributed by atoms with van der Waals surface area (Å²) in [7, 11) is 0. The molecule has 1 heterocycles. The first-order chi connectivity index (χ1) is 8.17. The van der Waals surface area contributed by atoms with Gasteiger partial charge in [-0.3, -0.25) is 0 Å². The Hall–Kier alpha value is -2.37. The molecule has 0 saturated carbocycles. The van der Waals surface area contributed by atoms with Crippen LogP contribution in [-0.2, 0) is 0 Å². The monoisotopic (exact) mass is 236 g/mol. The van der Waals surface area contributed by atoms with E-state index in [-0.39, 0.29) is 11.4 Å². The fourth-order valence-electron chi connectivity index (χ4n) is 1.36. The van der Waals surface area contributed by atoms with Crippen molar-refractivity contribution in [3.8, 4) is 0 Å². The van der Waals surface area contributed by atoms with Gasteiger partial charge < -0.3 is 0 Å². The van der Waals surface area contributed by atoms with Crippen molar-refractivity contribution in [2.24, 2.45) is 5.18 Å². The third-order valence-corrected chi connectivity index (χ3v) is 2.03. The number of pyridine rings is 1. The third kappa shape index (κ3) is 2.81. The van der Waals surface area contributed by atoms with Crippen LogP contribution in [0.3, 0.4) is 0 Å². The van der Waals surface area contributed by atoms with E-state index in [4.69, 9.17) is 0 Å². The number of H-pyrrole nitrogens is 1. The maximum Gasteiger partial charge on any atom is 0.279 e. The molecule has 0 bridgehead atoms. The predicted molar refractivity (Wildman–Crippen MR) is 58.1 cm³/mol. The first kappa shape index (κ1) is 11.1. The Kier molecular flexibility index (Phi) is 3.04. The molecule has 1 aromatic carbocycles. The van der Waals surface area contributed by atoms with Gasteiger partial charge in [-0.05, 0) is 5.18 Å². The van der Waals surface area contributed by atoms with Crippen LogP contribution in [0.25, 0.3) is 0 Å². The Labute approximate surface area is 95.3 Å². The molecule has 0 saturated heterocycles. The van der Waals surface area contributed by atoms with Crippen molar-refractivity contribution in [3.63, 3.8) is 0 Å². The van der Waals surface area contributed by atoms with Gasteiger partial charge in [-0.1, -0.05) is 0 Å². The molecular formula is C11H8F2N3O+. The summed E-state index contributed by atoms with van der Waals surface area (Å²) in [6, 6.07) is 5.95. The Morgan fingerprint density at radius 1 is 1.12 bits per heavy atom. The van der Waals surface area contributed by atoms with Crippen LogP contribution in [0, 0.1) is 16.5 Å². The smallest absolute Gasteiger partial charge is 0.247 e. The zero-order valence-corrected chi connectivity index (χ0v) is 8.58. The first-order valence-electron chi connectivity index (χ1n) is 4.75. The summed E-state index contributed by atoms with van der Waals surface area (Å²) in [5.41, 5.74) is 0.449. The average Bonchev–Trinajstić information content (AvgIpc) is 2.28. The normalized spacial score (nSPS) is 10.0. The number of rotatable bonds is 3. The highest BCUT2D eigenvalue weighted by atomic mass is 19.1. The largest absolute Gasteiger partial charge is 0.279 e. The molecular weight excluding hydrogens is 228 g/mol. The lowest BCUT2D eigenvalue weighted by Gasteiger charge is -1.99. The van der Waals surface area contributed by atoms with Crippen molar-refractivity contribution in [3.05, 3.63) is 53.1 Å². The molecule has 6 heteroatoms. The van der Waals surface area contributed by atoms with Crippen LogP contribution in [0.4, 0.5) is 26.0 Å². The molecule has 17 heavy (non-hydrogen) atoms. The number of benzene rings is 1. The van der Waals surface area contributed by atoms with E-state index < -0.39 is 11.6 Å². The third-order valence-electron chi connectivity index (χ3n) is 2.03. The lowest BCUT2D eigenvalue weighted by atomic mass is 10.3. The summed E-state index contributed by atoms with van der Waals surface area (Å²) in [5.74, 6) is -0.957. The molecule has 0 unspecified atom stereocenters. The highest BCUT2D eigenvalue weighted by Crippen LogP contribution is 2.18. The SMILES string of the molecule is O=Nc1cc[nH+]c(Nc2cc(F)cc(F)c2)c1. The number of hydrogen-bond donors (Lipinski definition) is 1. The highest BCUT2D eigenvalue weighted by Gasteiger charge is 2.07. The minimum Gasteiger partial charge on any atom is -0.247 e. The molecule has 0 aliphatic carbocycles. The van der Waals surface area contributed by atoms with Crippen LogP contribution in [0.2, 0.25) is 0 Å². The number of nitrogens with one attached hydrogen (secondary N) is 2. The first-order valence-corrected chi connectivity index (χ1v) is 4.75. The zero-order valence-electron chi connectivity index (χ0n) is 8.58. The quantitative estimate of drug-likeness (QED) is 0.833. The van der Waals surface area contributed by atoms with Gasteiger partial charge in [-0.15, -0.1) is 4.91 Å².